The van der Waals surface area contributed by atoms with E-state index < -0.39 is 0 Å². The third-order valence-electron chi connectivity index (χ3n) is 5.08. The number of hydrogen-bond acceptors (Lipinski definition) is 3. The highest BCUT2D eigenvalue weighted by atomic mass is 16.2. The van der Waals surface area contributed by atoms with Crippen LogP contribution in [0.1, 0.15) is 36.8 Å². The van der Waals surface area contributed by atoms with Gasteiger partial charge in [0.1, 0.15) is 0 Å². The number of nitriles is 1. The lowest BCUT2D eigenvalue weighted by atomic mass is 10.0. The van der Waals surface area contributed by atoms with Crippen LogP contribution in [0.2, 0.25) is 0 Å². The first-order valence-electron chi connectivity index (χ1n) is 8.18. The van der Waals surface area contributed by atoms with E-state index in [9.17, 15) is 4.79 Å². The number of hydrogen-bond donors (Lipinski definition) is 0. The van der Waals surface area contributed by atoms with Gasteiger partial charge in [0.05, 0.1) is 18.1 Å². The van der Waals surface area contributed by atoms with E-state index in [0.717, 1.165) is 31.5 Å². The first-order chi connectivity index (χ1) is 10.7. The standard InChI is InChI=1S/C18H23N3O/c1-20-10-2-4-16(20)17-5-3-11-21(17)18(22)12-14-6-8-15(13-19)9-7-14/h6-9,16-17H,2-5,10-12H2,1H3/t16-,17+/m1/s1. The highest BCUT2D eigenvalue weighted by molar-refractivity contribution is 5.79. The van der Waals surface area contributed by atoms with Crippen molar-refractivity contribution in [1.29, 1.82) is 5.26 Å². The quantitative estimate of drug-likeness (QED) is 0.859. The zero-order chi connectivity index (χ0) is 15.5. The van der Waals surface area contributed by atoms with Crippen LogP contribution in [0, 0.1) is 11.3 Å². The Hall–Kier alpha value is -1.86. The van der Waals surface area contributed by atoms with Crippen molar-refractivity contribution >= 4 is 5.91 Å². The van der Waals surface area contributed by atoms with Crippen molar-refractivity contribution in [3.8, 4) is 6.07 Å². The number of likely N-dealkylation sites (N-methyl/N-ethyl adjacent to an activating group) is 1. The van der Waals surface area contributed by atoms with Gasteiger partial charge in [0.2, 0.25) is 5.91 Å². The van der Waals surface area contributed by atoms with Crippen molar-refractivity contribution in [2.75, 3.05) is 20.1 Å². The number of rotatable bonds is 3. The Kier molecular flexibility index (Phi) is 4.44. The second kappa shape index (κ2) is 6.50. The van der Waals surface area contributed by atoms with Gasteiger partial charge in [0.15, 0.2) is 0 Å². The predicted molar refractivity (Wildman–Crippen MR) is 85.2 cm³/mol. The van der Waals surface area contributed by atoms with Gasteiger partial charge in [-0.15, -0.1) is 0 Å². The number of carbonyl (C=O) groups excluding carboxylic acids is 1. The Labute approximate surface area is 132 Å². The lowest BCUT2D eigenvalue weighted by molar-refractivity contribution is -0.132. The second-order valence-electron chi connectivity index (χ2n) is 6.47. The summed E-state index contributed by atoms with van der Waals surface area (Å²) in [4.78, 5) is 17.2. The zero-order valence-electron chi connectivity index (χ0n) is 13.2. The van der Waals surface area contributed by atoms with Gasteiger partial charge in [-0.1, -0.05) is 12.1 Å². The van der Waals surface area contributed by atoms with Crippen LogP contribution in [0.25, 0.3) is 0 Å². The van der Waals surface area contributed by atoms with Crippen LogP contribution in [0.15, 0.2) is 24.3 Å². The molecule has 1 aromatic carbocycles. The smallest absolute Gasteiger partial charge is 0.227 e. The third-order valence-corrected chi connectivity index (χ3v) is 5.08. The van der Waals surface area contributed by atoms with Crippen molar-refractivity contribution in [2.45, 2.75) is 44.2 Å². The molecule has 0 bridgehead atoms. The molecule has 22 heavy (non-hydrogen) atoms. The first-order valence-corrected chi connectivity index (χ1v) is 8.18. The van der Waals surface area contributed by atoms with Crippen molar-refractivity contribution in [1.82, 2.24) is 9.80 Å². The monoisotopic (exact) mass is 297 g/mol. The fraction of sp³-hybridized carbons (Fsp3) is 0.556. The summed E-state index contributed by atoms with van der Waals surface area (Å²) >= 11 is 0. The fourth-order valence-electron chi connectivity index (χ4n) is 3.90. The van der Waals surface area contributed by atoms with Crippen molar-refractivity contribution in [3.05, 3.63) is 35.4 Å². The van der Waals surface area contributed by atoms with Gasteiger partial charge in [-0.2, -0.15) is 5.26 Å². The summed E-state index contributed by atoms with van der Waals surface area (Å²) in [5.74, 6) is 0.229. The molecule has 0 unspecified atom stereocenters. The lowest BCUT2D eigenvalue weighted by Gasteiger charge is -2.33. The van der Waals surface area contributed by atoms with E-state index in [-0.39, 0.29) is 5.91 Å². The Morgan fingerprint density at radius 2 is 1.86 bits per heavy atom. The minimum atomic E-state index is 0.229. The summed E-state index contributed by atoms with van der Waals surface area (Å²) < 4.78 is 0. The molecule has 0 aromatic heterocycles. The van der Waals surface area contributed by atoms with Gasteiger partial charge in [0, 0.05) is 18.6 Å². The van der Waals surface area contributed by atoms with Crippen LogP contribution in [0.4, 0.5) is 0 Å². The summed E-state index contributed by atoms with van der Waals surface area (Å²) in [6.45, 7) is 2.04. The Bertz CT molecular complexity index is 575. The summed E-state index contributed by atoms with van der Waals surface area (Å²) in [7, 11) is 2.18. The van der Waals surface area contributed by atoms with E-state index in [2.05, 4.69) is 22.9 Å². The SMILES string of the molecule is CN1CCC[C@@H]1[C@@H]1CCCN1C(=O)Cc1ccc(C#N)cc1. The van der Waals surface area contributed by atoms with E-state index in [1.54, 1.807) is 12.1 Å². The highest BCUT2D eigenvalue weighted by Gasteiger charge is 2.38. The Morgan fingerprint density at radius 1 is 1.18 bits per heavy atom. The molecular formula is C18H23N3O. The molecule has 4 nitrogen and oxygen atoms in total. The van der Waals surface area contributed by atoms with Gasteiger partial charge in [-0.05, 0) is 57.0 Å². The van der Waals surface area contributed by atoms with Crippen LogP contribution in [-0.2, 0) is 11.2 Å². The van der Waals surface area contributed by atoms with Crippen LogP contribution >= 0.6 is 0 Å². The molecule has 4 heteroatoms. The van der Waals surface area contributed by atoms with Gasteiger partial charge < -0.3 is 9.80 Å². The van der Waals surface area contributed by atoms with Crippen molar-refractivity contribution in [2.24, 2.45) is 0 Å². The summed E-state index contributed by atoms with van der Waals surface area (Å²) in [5.41, 5.74) is 1.64. The minimum Gasteiger partial charge on any atom is -0.338 e. The largest absolute Gasteiger partial charge is 0.338 e. The molecule has 116 valence electrons. The fourth-order valence-corrected chi connectivity index (χ4v) is 3.90. The number of likely N-dealkylation sites (tertiary alicyclic amines) is 2. The zero-order valence-corrected chi connectivity index (χ0v) is 13.2. The maximum Gasteiger partial charge on any atom is 0.227 e. The van der Waals surface area contributed by atoms with Crippen LogP contribution in [0.3, 0.4) is 0 Å². The van der Waals surface area contributed by atoms with Gasteiger partial charge in [0.25, 0.3) is 0 Å². The highest BCUT2D eigenvalue weighted by Crippen LogP contribution is 2.29. The van der Waals surface area contributed by atoms with Crippen LogP contribution in [-0.4, -0.2) is 47.9 Å². The average Bonchev–Trinajstić information content (AvgIpc) is 3.16. The average molecular weight is 297 g/mol. The molecule has 0 radical (unpaired) electrons. The molecule has 0 N–H and O–H groups in total. The van der Waals surface area contributed by atoms with E-state index in [4.69, 9.17) is 5.26 Å². The second-order valence-corrected chi connectivity index (χ2v) is 6.47. The molecule has 1 aromatic rings. The third kappa shape index (κ3) is 3.00. The topological polar surface area (TPSA) is 47.3 Å². The van der Waals surface area contributed by atoms with Crippen molar-refractivity contribution < 1.29 is 4.79 Å². The number of amides is 1. The molecule has 2 fully saturated rings. The Balaban J connectivity index is 1.66. The summed E-state index contributed by atoms with van der Waals surface area (Å²) in [5, 5.41) is 8.83. The molecule has 3 rings (SSSR count). The molecular weight excluding hydrogens is 274 g/mol. The molecule has 2 atom stereocenters. The van der Waals surface area contributed by atoms with Crippen molar-refractivity contribution in [3.63, 3.8) is 0 Å². The molecule has 2 aliphatic rings. The van der Waals surface area contributed by atoms with Gasteiger partial charge >= 0.3 is 0 Å². The van der Waals surface area contributed by atoms with E-state index >= 15 is 0 Å². The number of benzene rings is 1. The maximum atomic E-state index is 12.7. The number of nitrogens with zero attached hydrogens (tertiary/aromatic N) is 3. The van der Waals surface area contributed by atoms with E-state index in [1.165, 1.54) is 12.8 Å². The van der Waals surface area contributed by atoms with Gasteiger partial charge in [-0.3, -0.25) is 4.79 Å². The number of carbonyl (C=O) groups is 1. The molecule has 2 heterocycles. The summed E-state index contributed by atoms with van der Waals surface area (Å²) in [6, 6.07) is 10.4. The maximum absolute atomic E-state index is 12.7. The first kappa shape index (κ1) is 15.1. The van der Waals surface area contributed by atoms with Gasteiger partial charge in [-0.25, -0.2) is 0 Å². The van der Waals surface area contributed by atoms with Crippen LogP contribution < -0.4 is 0 Å². The molecule has 0 saturated carbocycles. The Morgan fingerprint density at radius 3 is 2.50 bits per heavy atom. The molecule has 1 amide bonds. The molecule has 2 saturated heterocycles. The molecule has 2 aliphatic heterocycles. The summed E-state index contributed by atoms with van der Waals surface area (Å²) in [6.07, 6.45) is 5.15. The van der Waals surface area contributed by atoms with E-state index in [0.29, 0.717) is 24.1 Å². The van der Waals surface area contributed by atoms with E-state index in [1.807, 2.05) is 12.1 Å². The minimum absolute atomic E-state index is 0.229. The van der Waals surface area contributed by atoms with Crippen LogP contribution in [0.5, 0.6) is 0 Å². The molecule has 0 aliphatic carbocycles. The lowest BCUT2D eigenvalue weighted by Crippen LogP contribution is -2.47. The normalized spacial score (nSPS) is 25.4. The molecule has 0 spiro atoms. The predicted octanol–water partition coefficient (Wildman–Crippen LogP) is 2.19.